The van der Waals surface area contributed by atoms with Crippen molar-refractivity contribution in [2.24, 2.45) is 0 Å². The van der Waals surface area contributed by atoms with Crippen molar-refractivity contribution >= 4 is 17.2 Å². The minimum atomic E-state index is -0.0197. The van der Waals surface area contributed by atoms with Crippen molar-refractivity contribution in [3.63, 3.8) is 0 Å². The zero-order valence-electron chi connectivity index (χ0n) is 12.0. The number of carbonyl (C=O) groups excluding carboxylic acids is 1. The van der Waals surface area contributed by atoms with Gasteiger partial charge in [0.15, 0.2) is 0 Å². The summed E-state index contributed by atoms with van der Waals surface area (Å²) in [5, 5.41) is 6.02. The Morgan fingerprint density at radius 2 is 2.00 bits per heavy atom. The van der Waals surface area contributed by atoms with Crippen LogP contribution in [0.15, 0.2) is 29.9 Å². The van der Waals surface area contributed by atoms with Crippen LogP contribution in [0.1, 0.15) is 49.0 Å². The van der Waals surface area contributed by atoms with Gasteiger partial charge in [-0.1, -0.05) is 13.8 Å². The highest BCUT2D eigenvalue weighted by molar-refractivity contribution is 7.09. The number of nitrogens with zero attached hydrogens (tertiary/aromatic N) is 2. The van der Waals surface area contributed by atoms with E-state index in [0.717, 1.165) is 16.3 Å². The minimum absolute atomic E-state index is 0.00471. The highest BCUT2D eigenvalue weighted by Gasteiger charge is 2.12. The number of nitrogens with one attached hydrogen (secondary N) is 1. The number of hydrogen-bond donors (Lipinski definition) is 1. The summed E-state index contributed by atoms with van der Waals surface area (Å²) in [6.07, 6.45) is 3.79. The lowest BCUT2D eigenvalue weighted by Gasteiger charge is -2.13. The van der Waals surface area contributed by atoms with Gasteiger partial charge < -0.3 is 5.32 Å². The molecule has 106 valence electrons. The molecule has 20 heavy (non-hydrogen) atoms. The Bertz CT molecular complexity index is 566. The Kier molecular flexibility index (Phi) is 4.84. The maximum Gasteiger partial charge on any atom is 0.226 e. The molecule has 0 radical (unpaired) electrons. The van der Waals surface area contributed by atoms with Gasteiger partial charge in [0.2, 0.25) is 5.91 Å². The van der Waals surface area contributed by atoms with Crippen LogP contribution in [-0.2, 0) is 11.2 Å². The second-order valence-electron chi connectivity index (χ2n) is 5.08. The third-order valence-corrected chi connectivity index (χ3v) is 4.18. The van der Waals surface area contributed by atoms with E-state index in [1.807, 2.05) is 24.4 Å². The predicted molar refractivity (Wildman–Crippen MR) is 80.7 cm³/mol. The van der Waals surface area contributed by atoms with Crippen molar-refractivity contribution < 1.29 is 4.79 Å². The molecular weight excluding hydrogens is 270 g/mol. The standard InChI is InChI=1S/C15H19N3OS/c1-10(2)15-18-13(9-20-15)8-14(19)17-11(3)12-4-6-16-7-5-12/h4-7,9-11H,8H2,1-3H3,(H,17,19)/t11-/m0/s1. The molecular formula is C15H19N3OS. The van der Waals surface area contributed by atoms with Crippen LogP contribution in [0.5, 0.6) is 0 Å². The first-order chi connectivity index (χ1) is 9.56. The SMILES string of the molecule is CC(C)c1nc(CC(=O)N[C@@H](C)c2ccncc2)cs1. The Balaban J connectivity index is 1.92. The number of aromatic nitrogens is 2. The van der Waals surface area contributed by atoms with Crippen LogP contribution >= 0.6 is 11.3 Å². The molecule has 1 atom stereocenters. The lowest BCUT2D eigenvalue weighted by molar-refractivity contribution is -0.121. The van der Waals surface area contributed by atoms with Crippen LogP contribution < -0.4 is 5.32 Å². The molecule has 0 saturated heterocycles. The van der Waals surface area contributed by atoms with Crippen molar-refractivity contribution in [2.45, 2.75) is 39.2 Å². The number of thiazole rings is 1. The average Bonchev–Trinajstić information content (AvgIpc) is 2.88. The zero-order valence-corrected chi connectivity index (χ0v) is 12.8. The van der Waals surface area contributed by atoms with E-state index in [9.17, 15) is 4.79 Å². The second kappa shape index (κ2) is 6.61. The van der Waals surface area contributed by atoms with Gasteiger partial charge in [0.1, 0.15) is 0 Å². The zero-order chi connectivity index (χ0) is 14.5. The molecule has 2 heterocycles. The monoisotopic (exact) mass is 289 g/mol. The normalized spacial score (nSPS) is 12.4. The van der Waals surface area contributed by atoms with E-state index in [2.05, 4.69) is 29.1 Å². The molecule has 4 nitrogen and oxygen atoms in total. The lowest BCUT2D eigenvalue weighted by Crippen LogP contribution is -2.28. The van der Waals surface area contributed by atoms with E-state index in [4.69, 9.17) is 0 Å². The van der Waals surface area contributed by atoms with E-state index < -0.39 is 0 Å². The molecule has 2 aromatic rings. The van der Waals surface area contributed by atoms with Crippen molar-refractivity contribution in [2.75, 3.05) is 0 Å². The van der Waals surface area contributed by atoms with Gasteiger partial charge in [0, 0.05) is 23.7 Å². The fraction of sp³-hybridized carbons (Fsp3) is 0.400. The van der Waals surface area contributed by atoms with Crippen LogP contribution in [0.3, 0.4) is 0 Å². The number of pyridine rings is 1. The second-order valence-corrected chi connectivity index (χ2v) is 5.97. The number of carbonyl (C=O) groups is 1. The fourth-order valence-corrected chi connectivity index (χ4v) is 2.70. The van der Waals surface area contributed by atoms with E-state index in [0.29, 0.717) is 12.3 Å². The van der Waals surface area contributed by atoms with Crippen molar-refractivity contribution in [1.29, 1.82) is 0 Å². The Morgan fingerprint density at radius 3 is 2.60 bits per heavy atom. The summed E-state index contributed by atoms with van der Waals surface area (Å²) in [5.74, 6) is 0.405. The minimum Gasteiger partial charge on any atom is -0.349 e. The molecule has 0 bridgehead atoms. The van der Waals surface area contributed by atoms with Crippen LogP contribution in [0, 0.1) is 0 Å². The molecule has 0 saturated carbocycles. The summed E-state index contributed by atoms with van der Waals surface area (Å²) >= 11 is 1.62. The van der Waals surface area contributed by atoms with Gasteiger partial charge in [-0.15, -0.1) is 11.3 Å². The Morgan fingerprint density at radius 1 is 1.30 bits per heavy atom. The Labute approximate surface area is 123 Å². The highest BCUT2D eigenvalue weighted by atomic mass is 32.1. The fourth-order valence-electron chi connectivity index (χ4n) is 1.86. The first kappa shape index (κ1) is 14.7. The molecule has 0 aliphatic heterocycles. The van der Waals surface area contributed by atoms with Crippen LogP contribution in [0.25, 0.3) is 0 Å². The van der Waals surface area contributed by atoms with Crippen molar-refractivity contribution in [3.05, 3.63) is 46.2 Å². The van der Waals surface area contributed by atoms with Gasteiger partial charge in [-0.25, -0.2) is 4.98 Å². The van der Waals surface area contributed by atoms with Crippen molar-refractivity contribution in [3.8, 4) is 0 Å². The molecule has 1 N–H and O–H groups in total. The summed E-state index contributed by atoms with van der Waals surface area (Å²) in [6, 6.07) is 3.80. The quantitative estimate of drug-likeness (QED) is 0.920. The topological polar surface area (TPSA) is 54.9 Å². The van der Waals surface area contributed by atoms with E-state index in [1.165, 1.54) is 0 Å². The number of amides is 1. The highest BCUT2D eigenvalue weighted by Crippen LogP contribution is 2.19. The summed E-state index contributed by atoms with van der Waals surface area (Å²) in [7, 11) is 0. The number of hydrogen-bond acceptors (Lipinski definition) is 4. The van der Waals surface area contributed by atoms with Crippen LogP contribution in [-0.4, -0.2) is 15.9 Å². The molecule has 0 fully saturated rings. The molecule has 5 heteroatoms. The molecule has 0 aliphatic rings. The van der Waals surface area contributed by atoms with Gasteiger partial charge in [0.25, 0.3) is 0 Å². The van der Waals surface area contributed by atoms with Crippen LogP contribution in [0.4, 0.5) is 0 Å². The molecule has 0 aromatic carbocycles. The molecule has 2 rings (SSSR count). The first-order valence-electron chi connectivity index (χ1n) is 6.70. The van der Waals surface area contributed by atoms with Gasteiger partial charge in [0.05, 0.1) is 23.2 Å². The van der Waals surface area contributed by atoms with Gasteiger partial charge >= 0.3 is 0 Å². The van der Waals surface area contributed by atoms with Crippen molar-refractivity contribution in [1.82, 2.24) is 15.3 Å². The molecule has 2 aromatic heterocycles. The average molecular weight is 289 g/mol. The Hall–Kier alpha value is -1.75. The molecule has 0 spiro atoms. The summed E-state index contributed by atoms with van der Waals surface area (Å²) in [4.78, 5) is 20.5. The summed E-state index contributed by atoms with van der Waals surface area (Å²) < 4.78 is 0. The molecule has 1 amide bonds. The molecule has 0 aliphatic carbocycles. The third kappa shape index (κ3) is 3.87. The predicted octanol–water partition coefficient (Wildman–Crippen LogP) is 3.08. The first-order valence-corrected chi connectivity index (χ1v) is 7.58. The van der Waals surface area contributed by atoms with E-state index >= 15 is 0 Å². The largest absolute Gasteiger partial charge is 0.349 e. The van der Waals surface area contributed by atoms with Gasteiger partial charge in [-0.05, 0) is 24.6 Å². The lowest BCUT2D eigenvalue weighted by atomic mass is 10.1. The maximum atomic E-state index is 12.0. The maximum absolute atomic E-state index is 12.0. The van der Waals surface area contributed by atoms with E-state index in [-0.39, 0.29) is 11.9 Å². The van der Waals surface area contributed by atoms with E-state index in [1.54, 1.807) is 23.7 Å². The summed E-state index contributed by atoms with van der Waals surface area (Å²) in [5.41, 5.74) is 1.90. The third-order valence-electron chi connectivity index (χ3n) is 2.99. The smallest absolute Gasteiger partial charge is 0.226 e. The summed E-state index contributed by atoms with van der Waals surface area (Å²) in [6.45, 7) is 6.18. The number of rotatable bonds is 5. The van der Waals surface area contributed by atoms with Gasteiger partial charge in [-0.3, -0.25) is 9.78 Å². The molecule has 0 unspecified atom stereocenters. The van der Waals surface area contributed by atoms with Crippen LogP contribution in [0.2, 0.25) is 0 Å². The van der Waals surface area contributed by atoms with Gasteiger partial charge in [-0.2, -0.15) is 0 Å².